The summed E-state index contributed by atoms with van der Waals surface area (Å²) in [5, 5.41) is 0. The van der Waals surface area contributed by atoms with Crippen LogP contribution in [0.15, 0.2) is 77.3 Å². The predicted octanol–water partition coefficient (Wildman–Crippen LogP) is 6.27. The van der Waals surface area contributed by atoms with Crippen LogP contribution >= 0.6 is 15.9 Å². The van der Waals surface area contributed by atoms with Gasteiger partial charge in [-0.2, -0.15) is 0 Å². The van der Waals surface area contributed by atoms with E-state index in [0.29, 0.717) is 13.2 Å². The van der Waals surface area contributed by atoms with E-state index >= 15 is 0 Å². The lowest BCUT2D eigenvalue weighted by atomic mass is 9.78. The van der Waals surface area contributed by atoms with Crippen LogP contribution < -0.4 is 9.47 Å². The number of carbonyl (C=O) groups is 1. The fraction of sp³-hybridized carbons (Fsp3) is 0.321. The van der Waals surface area contributed by atoms with Crippen LogP contribution in [0.25, 0.3) is 0 Å². The average Bonchev–Trinajstić information content (AvgIpc) is 3.18. The molecule has 2 aliphatic heterocycles. The largest absolute Gasteiger partial charge is 0.493 e. The summed E-state index contributed by atoms with van der Waals surface area (Å²) >= 11 is 3.49. The average molecular weight is 506 g/mol. The number of hydrogen-bond acceptors (Lipinski definition) is 4. The van der Waals surface area contributed by atoms with Crippen molar-refractivity contribution in [1.82, 2.24) is 4.90 Å². The van der Waals surface area contributed by atoms with Gasteiger partial charge in [-0.05, 0) is 49.7 Å². The molecule has 5 heteroatoms. The van der Waals surface area contributed by atoms with Crippen molar-refractivity contribution in [3.05, 3.63) is 94.0 Å². The smallest absolute Gasteiger partial charge is 0.168 e. The third-order valence-corrected chi connectivity index (χ3v) is 7.30. The Morgan fingerprint density at radius 1 is 0.848 bits per heavy atom. The third kappa shape index (κ3) is 4.44. The number of ether oxygens (including phenoxy) is 2. The first-order valence-corrected chi connectivity index (χ1v) is 12.4. The Labute approximate surface area is 203 Å². The van der Waals surface area contributed by atoms with Gasteiger partial charge in [-0.3, -0.25) is 9.69 Å². The molecule has 0 N–H and O–H groups in total. The lowest BCUT2D eigenvalue weighted by Crippen LogP contribution is -2.27. The van der Waals surface area contributed by atoms with Gasteiger partial charge < -0.3 is 9.47 Å². The van der Waals surface area contributed by atoms with Gasteiger partial charge in [-0.25, -0.2) is 0 Å². The van der Waals surface area contributed by atoms with E-state index in [1.54, 1.807) is 0 Å². The van der Waals surface area contributed by atoms with Gasteiger partial charge in [-0.15, -0.1) is 0 Å². The molecule has 1 saturated heterocycles. The maximum atomic E-state index is 14.1. The number of likely N-dealkylation sites (N-methyl/N-ethyl adjacent to an activating group) is 1. The number of ketones is 1. The van der Waals surface area contributed by atoms with Gasteiger partial charge in [0, 0.05) is 34.1 Å². The number of benzene rings is 3. The molecular formula is C28H28BrNO3. The molecule has 4 nitrogen and oxygen atoms in total. The number of halogens is 1. The van der Waals surface area contributed by atoms with Gasteiger partial charge in [0.2, 0.25) is 0 Å². The second kappa shape index (κ2) is 9.70. The molecule has 5 rings (SSSR count). The number of Topliss-reactive ketones (excluding diaryl/α,β-unsaturated/α-hetero) is 1. The lowest BCUT2D eigenvalue weighted by molar-refractivity contribution is 0.0878. The molecule has 0 aromatic heterocycles. The fourth-order valence-corrected chi connectivity index (χ4v) is 5.49. The van der Waals surface area contributed by atoms with Gasteiger partial charge in [0.1, 0.15) is 11.5 Å². The molecule has 3 aromatic carbocycles. The van der Waals surface area contributed by atoms with E-state index < -0.39 is 0 Å². The minimum atomic E-state index is -0.258. The summed E-state index contributed by atoms with van der Waals surface area (Å²) in [6.45, 7) is 2.04. The van der Waals surface area contributed by atoms with Crippen LogP contribution in [0.5, 0.6) is 11.5 Å². The minimum absolute atomic E-state index is 0.0150. The molecule has 3 atom stereocenters. The number of rotatable bonds is 2. The first-order valence-electron chi connectivity index (χ1n) is 11.6. The molecule has 0 radical (unpaired) electrons. The zero-order valence-electron chi connectivity index (χ0n) is 18.7. The van der Waals surface area contributed by atoms with Gasteiger partial charge in [0.05, 0.1) is 19.1 Å². The van der Waals surface area contributed by atoms with Crippen molar-refractivity contribution >= 4 is 21.7 Å². The number of fused-ring (bicyclic) bond motifs is 6. The van der Waals surface area contributed by atoms with Crippen LogP contribution in [0, 0.1) is 5.92 Å². The maximum Gasteiger partial charge on any atom is 0.168 e. The quantitative estimate of drug-likeness (QED) is 0.384. The molecule has 33 heavy (non-hydrogen) atoms. The molecule has 1 fully saturated rings. The molecule has 0 aliphatic carbocycles. The Hall–Kier alpha value is -2.63. The molecular weight excluding hydrogens is 478 g/mol. The molecule has 170 valence electrons. The van der Waals surface area contributed by atoms with E-state index in [2.05, 4.69) is 40.0 Å². The van der Waals surface area contributed by atoms with Crippen LogP contribution in [0.4, 0.5) is 0 Å². The first-order chi connectivity index (χ1) is 16.1. The summed E-state index contributed by atoms with van der Waals surface area (Å²) in [6.07, 6.45) is 1.84. The summed E-state index contributed by atoms with van der Waals surface area (Å²) in [6, 6.07) is 24.0. The standard InChI is InChI=1S/C28H28BrNO3/c1-30-18-23-21-8-2-4-10-24(21)32-16-6-7-17-33-25-11-5-3-9-22(25)27(30)26(23)28(31)19-12-14-20(29)15-13-19/h2-5,8-15,23,26-27H,6-7,16-18H2,1H3/t23-,26-,27-/m1/s1. The lowest BCUT2D eigenvalue weighted by Gasteiger charge is -2.28. The van der Waals surface area contributed by atoms with Gasteiger partial charge in [0.25, 0.3) is 0 Å². The third-order valence-electron chi connectivity index (χ3n) is 6.77. The summed E-state index contributed by atoms with van der Waals surface area (Å²) in [4.78, 5) is 16.4. The molecule has 2 heterocycles. The van der Waals surface area contributed by atoms with E-state index in [1.807, 2.05) is 60.7 Å². The van der Waals surface area contributed by atoms with Crippen LogP contribution in [-0.2, 0) is 0 Å². The zero-order chi connectivity index (χ0) is 22.8. The summed E-state index contributed by atoms with van der Waals surface area (Å²) in [5.41, 5.74) is 2.92. The summed E-state index contributed by atoms with van der Waals surface area (Å²) in [5.74, 6) is 1.67. The normalized spacial score (nSPS) is 23.0. The van der Waals surface area contributed by atoms with E-state index in [0.717, 1.165) is 52.0 Å². The van der Waals surface area contributed by atoms with Gasteiger partial charge >= 0.3 is 0 Å². The highest BCUT2D eigenvalue weighted by atomic mass is 79.9. The minimum Gasteiger partial charge on any atom is -0.493 e. The van der Waals surface area contributed by atoms with E-state index in [9.17, 15) is 4.79 Å². The van der Waals surface area contributed by atoms with Crippen LogP contribution in [-0.4, -0.2) is 37.5 Å². The second-order valence-electron chi connectivity index (χ2n) is 8.87. The highest BCUT2D eigenvalue weighted by Crippen LogP contribution is 2.50. The fourth-order valence-electron chi connectivity index (χ4n) is 5.23. The number of nitrogens with zero attached hydrogens (tertiary/aromatic N) is 1. The molecule has 0 unspecified atom stereocenters. The monoisotopic (exact) mass is 505 g/mol. The van der Waals surface area contributed by atoms with Crippen molar-refractivity contribution in [2.24, 2.45) is 5.92 Å². The highest BCUT2D eigenvalue weighted by Gasteiger charge is 2.47. The summed E-state index contributed by atoms with van der Waals surface area (Å²) < 4.78 is 13.4. The molecule has 0 saturated carbocycles. The zero-order valence-corrected chi connectivity index (χ0v) is 20.3. The first kappa shape index (κ1) is 22.2. The van der Waals surface area contributed by atoms with E-state index in [1.165, 1.54) is 0 Å². The Bertz CT molecular complexity index is 1130. The number of hydrogen-bond donors (Lipinski definition) is 0. The van der Waals surface area contributed by atoms with Crippen molar-refractivity contribution < 1.29 is 14.3 Å². The van der Waals surface area contributed by atoms with Gasteiger partial charge in [0.15, 0.2) is 5.78 Å². The number of para-hydroxylation sites is 2. The van der Waals surface area contributed by atoms with Gasteiger partial charge in [-0.1, -0.05) is 64.5 Å². The SMILES string of the molecule is CN1C[C@@H]2c3ccccc3OCCCCOc3ccccc3[C@@H]1[C@@H]2C(=O)c1ccc(Br)cc1. The highest BCUT2D eigenvalue weighted by molar-refractivity contribution is 9.10. The Morgan fingerprint density at radius 3 is 2.09 bits per heavy atom. The van der Waals surface area contributed by atoms with E-state index in [4.69, 9.17) is 9.47 Å². The van der Waals surface area contributed by atoms with Crippen molar-refractivity contribution in [2.45, 2.75) is 24.8 Å². The summed E-state index contributed by atoms with van der Waals surface area (Å²) in [7, 11) is 2.11. The van der Waals surface area contributed by atoms with Crippen LogP contribution in [0.2, 0.25) is 0 Å². The van der Waals surface area contributed by atoms with Crippen molar-refractivity contribution in [2.75, 3.05) is 26.8 Å². The Kier molecular flexibility index (Phi) is 6.52. The number of carbonyl (C=O) groups excluding carboxylic acids is 1. The van der Waals surface area contributed by atoms with Crippen molar-refractivity contribution in [1.29, 1.82) is 0 Å². The van der Waals surface area contributed by atoms with Crippen LogP contribution in [0.1, 0.15) is 46.3 Å². The maximum absolute atomic E-state index is 14.1. The predicted molar refractivity (Wildman–Crippen MR) is 133 cm³/mol. The Morgan fingerprint density at radius 2 is 1.42 bits per heavy atom. The molecule has 0 spiro atoms. The Balaban J connectivity index is 1.67. The van der Waals surface area contributed by atoms with Crippen molar-refractivity contribution in [3.63, 3.8) is 0 Å². The van der Waals surface area contributed by atoms with Crippen LogP contribution in [0.3, 0.4) is 0 Å². The molecule has 2 aliphatic rings. The molecule has 3 aromatic rings. The number of likely N-dealkylation sites (tertiary alicyclic amines) is 1. The van der Waals surface area contributed by atoms with E-state index in [-0.39, 0.29) is 23.7 Å². The van der Waals surface area contributed by atoms with Crippen molar-refractivity contribution in [3.8, 4) is 11.5 Å². The molecule has 2 bridgehead atoms. The molecule has 0 amide bonds. The topological polar surface area (TPSA) is 38.8 Å². The second-order valence-corrected chi connectivity index (χ2v) is 9.78.